The lowest BCUT2D eigenvalue weighted by molar-refractivity contribution is 0.0937. The van der Waals surface area contributed by atoms with Crippen LogP contribution in [0, 0.1) is 0 Å². The highest BCUT2D eigenvalue weighted by molar-refractivity contribution is 5.91. The number of piperidine rings is 1. The smallest absolute Gasteiger partial charge is 0.273 e. The van der Waals surface area contributed by atoms with Gasteiger partial charge in [0.1, 0.15) is 0 Å². The second kappa shape index (κ2) is 7.35. The lowest BCUT2D eigenvalue weighted by atomic mass is 10.1. The average Bonchev–Trinajstić information content (AvgIpc) is 2.97. The van der Waals surface area contributed by atoms with Gasteiger partial charge in [0, 0.05) is 6.54 Å². The van der Waals surface area contributed by atoms with Crippen molar-refractivity contribution >= 4 is 5.91 Å². The molecule has 1 amide bonds. The highest BCUT2D eigenvalue weighted by atomic mass is 16.3. The van der Waals surface area contributed by atoms with E-state index in [4.69, 9.17) is 0 Å². The van der Waals surface area contributed by atoms with Gasteiger partial charge in [0.25, 0.3) is 5.91 Å². The van der Waals surface area contributed by atoms with Gasteiger partial charge in [-0.25, -0.2) is 4.68 Å². The third-order valence-corrected chi connectivity index (χ3v) is 3.66. The molecule has 0 aromatic carbocycles. The van der Waals surface area contributed by atoms with Gasteiger partial charge in [-0.15, -0.1) is 5.10 Å². The van der Waals surface area contributed by atoms with Crippen molar-refractivity contribution in [2.45, 2.75) is 44.8 Å². The van der Waals surface area contributed by atoms with Crippen LogP contribution in [0.4, 0.5) is 0 Å². The molecule has 20 heavy (non-hydrogen) atoms. The van der Waals surface area contributed by atoms with E-state index >= 15 is 0 Å². The van der Waals surface area contributed by atoms with Gasteiger partial charge in [-0.3, -0.25) is 4.79 Å². The molecule has 7 nitrogen and oxygen atoms in total. The van der Waals surface area contributed by atoms with E-state index in [-0.39, 0.29) is 12.0 Å². The van der Waals surface area contributed by atoms with Crippen molar-refractivity contribution in [3.05, 3.63) is 11.9 Å². The van der Waals surface area contributed by atoms with Crippen LogP contribution in [0.2, 0.25) is 0 Å². The summed E-state index contributed by atoms with van der Waals surface area (Å²) in [6.45, 7) is 4.31. The molecule has 3 N–H and O–H groups in total. The van der Waals surface area contributed by atoms with E-state index in [1.165, 1.54) is 0 Å². The number of nitrogens with one attached hydrogen (secondary N) is 2. The standard InChI is InChI=1S/C13H23N5O2/c1-2-11(19)5-8-15-13(20)12-9-18(17-16-12)10-3-6-14-7-4-10/h9-11,14,19H,2-8H2,1H3,(H,15,20). The van der Waals surface area contributed by atoms with Crippen molar-refractivity contribution in [3.8, 4) is 0 Å². The molecule has 1 aromatic heterocycles. The van der Waals surface area contributed by atoms with E-state index in [9.17, 15) is 9.90 Å². The highest BCUT2D eigenvalue weighted by Gasteiger charge is 2.18. The zero-order valence-corrected chi connectivity index (χ0v) is 11.9. The predicted octanol–water partition coefficient (Wildman–Crippen LogP) is 0.0934. The molecule has 0 saturated carbocycles. The predicted molar refractivity (Wildman–Crippen MR) is 74.4 cm³/mol. The van der Waals surface area contributed by atoms with Crippen LogP contribution in [-0.2, 0) is 0 Å². The van der Waals surface area contributed by atoms with E-state index in [2.05, 4.69) is 20.9 Å². The molecule has 1 atom stereocenters. The fraction of sp³-hybridized carbons (Fsp3) is 0.769. The minimum atomic E-state index is -0.360. The summed E-state index contributed by atoms with van der Waals surface area (Å²) in [6, 6.07) is 0.326. The third kappa shape index (κ3) is 4.01. The molecule has 0 aliphatic carbocycles. The second-order valence-corrected chi connectivity index (χ2v) is 5.17. The Balaban J connectivity index is 1.83. The van der Waals surface area contributed by atoms with Crippen LogP contribution in [0.25, 0.3) is 0 Å². The Morgan fingerprint density at radius 3 is 3.05 bits per heavy atom. The Kier molecular flexibility index (Phi) is 5.49. The van der Waals surface area contributed by atoms with Crippen molar-refractivity contribution < 1.29 is 9.90 Å². The van der Waals surface area contributed by atoms with Crippen LogP contribution in [0.1, 0.15) is 49.1 Å². The van der Waals surface area contributed by atoms with Gasteiger partial charge in [-0.05, 0) is 38.8 Å². The molecule has 0 bridgehead atoms. The molecule has 1 saturated heterocycles. The van der Waals surface area contributed by atoms with Crippen molar-refractivity contribution in [3.63, 3.8) is 0 Å². The van der Waals surface area contributed by atoms with E-state index < -0.39 is 0 Å². The molecule has 1 fully saturated rings. The van der Waals surface area contributed by atoms with E-state index in [1.54, 1.807) is 10.9 Å². The largest absolute Gasteiger partial charge is 0.393 e. The van der Waals surface area contributed by atoms with Crippen LogP contribution in [0.5, 0.6) is 0 Å². The minimum absolute atomic E-state index is 0.228. The Morgan fingerprint density at radius 2 is 2.35 bits per heavy atom. The first kappa shape index (κ1) is 14.9. The summed E-state index contributed by atoms with van der Waals surface area (Å²) >= 11 is 0. The summed E-state index contributed by atoms with van der Waals surface area (Å²) in [7, 11) is 0. The van der Waals surface area contributed by atoms with Crippen LogP contribution in [0.15, 0.2) is 6.20 Å². The minimum Gasteiger partial charge on any atom is -0.393 e. The van der Waals surface area contributed by atoms with Crippen molar-refractivity contribution in [1.29, 1.82) is 0 Å². The van der Waals surface area contributed by atoms with Gasteiger partial charge >= 0.3 is 0 Å². The zero-order valence-electron chi connectivity index (χ0n) is 11.9. The molecule has 1 aliphatic rings. The number of aromatic nitrogens is 3. The summed E-state index contributed by atoms with van der Waals surface area (Å²) in [5.74, 6) is -0.228. The molecule has 2 rings (SSSR count). The highest BCUT2D eigenvalue weighted by Crippen LogP contribution is 2.16. The fourth-order valence-electron chi connectivity index (χ4n) is 2.28. The van der Waals surface area contributed by atoms with Crippen molar-refractivity contribution in [2.24, 2.45) is 0 Å². The lowest BCUT2D eigenvalue weighted by Gasteiger charge is -2.22. The second-order valence-electron chi connectivity index (χ2n) is 5.17. The molecule has 0 radical (unpaired) electrons. The van der Waals surface area contributed by atoms with Gasteiger partial charge in [0.15, 0.2) is 5.69 Å². The van der Waals surface area contributed by atoms with Gasteiger partial charge in [-0.2, -0.15) is 0 Å². The van der Waals surface area contributed by atoms with E-state index in [1.807, 2.05) is 6.92 Å². The van der Waals surface area contributed by atoms with Crippen LogP contribution in [-0.4, -0.2) is 51.7 Å². The summed E-state index contributed by atoms with van der Waals surface area (Å²) in [6.07, 6.45) is 4.62. The SMILES string of the molecule is CCC(O)CCNC(=O)c1cn(C2CCNCC2)nn1. The van der Waals surface area contributed by atoms with Crippen LogP contribution >= 0.6 is 0 Å². The van der Waals surface area contributed by atoms with Gasteiger partial charge in [-0.1, -0.05) is 12.1 Å². The number of rotatable bonds is 6. The van der Waals surface area contributed by atoms with Crippen molar-refractivity contribution in [1.82, 2.24) is 25.6 Å². The first-order valence-corrected chi connectivity index (χ1v) is 7.29. The zero-order chi connectivity index (χ0) is 14.4. The molecule has 1 aromatic rings. The van der Waals surface area contributed by atoms with Gasteiger partial charge in [0.05, 0.1) is 18.3 Å². The molecule has 7 heteroatoms. The summed E-state index contributed by atoms with van der Waals surface area (Å²) in [4.78, 5) is 11.9. The number of nitrogens with zero attached hydrogens (tertiary/aromatic N) is 3. The third-order valence-electron chi connectivity index (χ3n) is 3.66. The normalized spacial score (nSPS) is 17.9. The van der Waals surface area contributed by atoms with Crippen LogP contribution < -0.4 is 10.6 Å². The molecule has 0 spiro atoms. The quantitative estimate of drug-likeness (QED) is 0.687. The monoisotopic (exact) mass is 281 g/mol. The molecule has 2 heterocycles. The molecule has 1 unspecified atom stereocenters. The Hall–Kier alpha value is -1.47. The maximum atomic E-state index is 11.9. The number of carbonyl (C=O) groups excluding carboxylic acids is 1. The maximum absolute atomic E-state index is 11.9. The van der Waals surface area contributed by atoms with Gasteiger partial charge in [0.2, 0.25) is 0 Å². The number of aliphatic hydroxyl groups is 1. The molecular weight excluding hydrogens is 258 g/mol. The number of hydrogen-bond acceptors (Lipinski definition) is 5. The summed E-state index contributed by atoms with van der Waals surface area (Å²) in [5, 5.41) is 23.4. The van der Waals surface area contributed by atoms with Crippen LogP contribution in [0.3, 0.4) is 0 Å². The number of carbonyl (C=O) groups is 1. The Labute approximate surface area is 118 Å². The summed E-state index contributed by atoms with van der Waals surface area (Å²) in [5.41, 5.74) is 0.342. The van der Waals surface area contributed by atoms with E-state index in [0.29, 0.717) is 31.1 Å². The Morgan fingerprint density at radius 1 is 1.60 bits per heavy atom. The molecule has 1 aliphatic heterocycles. The van der Waals surface area contributed by atoms with Gasteiger partial charge < -0.3 is 15.7 Å². The first-order valence-electron chi connectivity index (χ1n) is 7.29. The topological polar surface area (TPSA) is 92.1 Å². The maximum Gasteiger partial charge on any atom is 0.273 e. The molecule has 112 valence electrons. The summed E-state index contributed by atoms with van der Waals surface area (Å²) < 4.78 is 1.79. The van der Waals surface area contributed by atoms with E-state index in [0.717, 1.165) is 25.9 Å². The number of hydrogen-bond donors (Lipinski definition) is 3. The first-order chi connectivity index (χ1) is 9.70. The average molecular weight is 281 g/mol. The number of amides is 1. The van der Waals surface area contributed by atoms with Crippen molar-refractivity contribution in [2.75, 3.05) is 19.6 Å². The molecular formula is C13H23N5O2. The fourth-order valence-corrected chi connectivity index (χ4v) is 2.28. The lowest BCUT2D eigenvalue weighted by Crippen LogP contribution is -2.29. The number of aliphatic hydroxyl groups excluding tert-OH is 1. The Bertz CT molecular complexity index is 428.